The highest BCUT2D eigenvalue weighted by molar-refractivity contribution is 8.00. The van der Waals surface area contributed by atoms with Gasteiger partial charge >= 0.3 is 0 Å². The molecular weight excluding hydrogens is 438 g/mol. The summed E-state index contributed by atoms with van der Waals surface area (Å²) >= 11 is 7.35. The van der Waals surface area contributed by atoms with Crippen LogP contribution < -0.4 is 5.56 Å². The first-order chi connectivity index (χ1) is 15.0. The fraction of sp³-hybridized carbons (Fsp3) is 0.429. The van der Waals surface area contributed by atoms with Crippen molar-refractivity contribution >= 4 is 40.2 Å². The highest BCUT2D eigenvalue weighted by Gasteiger charge is 2.19. The molecule has 1 fully saturated rings. The summed E-state index contributed by atoms with van der Waals surface area (Å²) in [6, 6.07) is 7.18. The van der Waals surface area contributed by atoms with Crippen molar-refractivity contribution in [2.75, 3.05) is 32.8 Å². The van der Waals surface area contributed by atoms with Crippen LogP contribution in [-0.2, 0) is 9.53 Å². The summed E-state index contributed by atoms with van der Waals surface area (Å²) in [5.74, 6) is 0.143. The van der Waals surface area contributed by atoms with E-state index < -0.39 is 0 Å². The molecule has 0 saturated carbocycles. The number of carbonyl (C=O) groups is 1. The molecule has 0 radical (unpaired) electrons. The molecule has 1 aliphatic rings. The highest BCUT2D eigenvalue weighted by atomic mass is 35.5. The molecule has 1 N–H and O–H groups in total. The zero-order valence-corrected chi connectivity index (χ0v) is 18.8. The summed E-state index contributed by atoms with van der Waals surface area (Å²) in [7, 11) is 0. The lowest BCUT2D eigenvalue weighted by molar-refractivity contribution is -0.118. The second-order valence-corrected chi connectivity index (χ2v) is 9.19. The van der Waals surface area contributed by atoms with Gasteiger partial charge in [0.05, 0.1) is 30.3 Å². The molecule has 1 aliphatic heterocycles. The largest absolute Gasteiger partial charge is 0.379 e. The van der Waals surface area contributed by atoms with Crippen molar-refractivity contribution in [1.82, 2.24) is 24.6 Å². The van der Waals surface area contributed by atoms with Gasteiger partial charge in [-0.05, 0) is 38.1 Å². The van der Waals surface area contributed by atoms with Crippen molar-refractivity contribution in [2.45, 2.75) is 30.2 Å². The summed E-state index contributed by atoms with van der Waals surface area (Å²) in [5.41, 5.74) is 0.858. The third-order valence-corrected chi connectivity index (χ3v) is 6.48. The number of hydrogen-bond donors (Lipinski definition) is 1. The molecule has 164 valence electrons. The van der Waals surface area contributed by atoms with Gasteiger partial charge in [0.1, 0.15) is 11.2 Å². The van der Waals surface area contributed by atoms with E-state index >= 15 is 0 Å². The quantitative estimate of drug-likeness (QED) is 0.407. The van der Waals surface area contributed by atoms with E-state index in [4.69, 9.17) is 16.3 Å². The van der Waals surface area contributed by atoms with Crippen LogP contribution in [0.25, 0.3) is 16.7 Å². The van der Waals surface area contributed by atoms with Crippen molar-refractivity contribution in [3.63, 3.8) is 0 Å². The Labute approximate surface area is 188 Å². The van der Waals surface area contributed by atoms with Crippen LogP contribution >= 0.6 is 23.4 Å². The number of aromatic amines is 1. The Balaban J connectivity index is 1.44. The van der Waals surface area contributed by atoms with E-state index in [1.165, 1.54) is 18.0 Å². The molecule has 1 saturated heterocycles. The predicted octanol–water partition coefficient (Wildman–Crippen LogP) is 2.92. The lowest BCUT2D eigenvalue weighted by Gasteiger charge is -2.26. The Morgan fingerprint density at radius 1 is 1.35 bits per heavy atom. The van der Waals surface area contributed by atoms with Crippen LogP contribution in [0.5, 0.6) is 0 Å². The summed E-state index contributed by atoms with van der Waals surface area (Å²) < 4.78 is 6.93. The Morgan fingerprint density at radius 2 is 2.16 bits per heavy atom. The van der Waals surface area contributed by atoms with E-state index in [1.807, 2.05) is 19.1 Å². The number of thioether (sulfide) groups is 1. The number of nitrogens with zero attached hydrogens (tertiary/aromatic N) is 4. The molecule has 1 unspecified atom stereocenters. The first kappa shape index (κ1) is 22.0. The molecule has 0 bridgehead atoms. The number of nitrogens with one attached hydrogen (secondary N) is 1. The van der Waals surface area contributed by atoms with Crippen LogP contribution in [0.2, 0.25) is 5.02 Å². The maximum atomic E-state index is 12.6. The maximum Gasteiger partial charge on any atom is 0.262 e. The third-order valence-electron chi connectivity index (χ3n) is 5.21. The topological polar surface area (TPSA) is 93.1 Å². The molecule has 8 nitrogen and oxygen atoms in total. The summed E-state index contributed by atoms with van der Waals surface area (Å²) in [4.78, 5) is 34.8. The maximum absolute atomic E-state index is 12.6. The molecule has 1 atom stereocenters. The van der Waals surface area contributed by atoms with Crippen LogP contribution in [0, 0.1) is 0 Å². The zero-order valence-electron chi connectivity index (χ0n) is 17.2. The van der Waals surface area contributed by atoms with Gasteiger partial charge in [0.25, 0.3) is 5.56 Å². The number of ketones is 1. The van der Waals surface area contributed by atoms with Crippen LogP contribution in [0.1, 0.15) is 19.8 Å². The van der Waals surface area contributed by atoms with E-state index in [0.29, 0.717) is 33.3 Å². The Bertz CT molecular complexity index is 1130. The Hall–Kier alpha value is -2.20. The van der Waals surface area contributed by atoms with Gasteiger partial charge in [-0.2, -0.15) is 5.10 Å². The lowest BCUT2D eigenvalue weighted by atomic mass is 10.1. The van der Waals surface area contributed by atoms with Crippen LogP contribution in [0.4, 0.5) is 0 Å². The van der Waals surface area contributed by atoms with E-state index in [1.54, 1.807) is 16.8 Å². The molecule has 0 aliphatic carbocycles. The molecule has 0 spiro atoms. The number of morpholine rings is 1. The van der Waals surface area contributed by atoms with Crippen LogP contribution in [0.15, 0.2) is 40.4 Å². The number of halogens is 1. The first-order valence-corrected chi connectivity index (χ1v) is 11.5. The number of ether oxygens (including phenoxy) is 1. The molecule has 10 heteroatoms. The average molecular weight is 462 g/mol. The number of carbonyl (C=O) groups excluding carboxylic acids is 1. The predicted molar refractivity (Wildman–Crippen MR) is 121 cm³/mol. The Kier molecular flexibility index (Phi) is 7.06. The zero-order chi connectivity index (χ0) is 21.8. The van der Waals surface area contributed by atoms with Crippen molar-refractivity contribution in [3.8, 4) is 5.69 Å². The van der Waals surface area contributed by atoms with Crippen LogP contribution in [-0.4, -0.2) is 68.5 Å². The van der Waals surface area contributed by atoms with Gasteiger partial charge < -0.3 is 9.72 Å². The number of benzene rings is 1. The molecule has 2 aromatic heterocycles. The van der Waals surface area contributed by atoms with Crippen LogP contribution in [0.3, 0.4) is 0 Å². The minimum Gasteiger partial charge on any atom is -0.379 e. The number of fused-ring (bicyclic) bond motifs is 1. The van der Waals surface area contributed by atoms with Gasteiger partial charge in [-0.1, -0.05) is 29.4 Å². The molecule has 3 heterocycles. The number of hydrogen-bond acceptors (Lipinski definition) is 7. The lowest BCUT2D eigenvalue weighted by Crippen LogP contribution is -2.37. The minimum atomic E-state index is -0.312. The van der Waals surface area contributed by atoms with Gasteiger partial charge in [0, 0.05) is 24.5 Å². The minimum absolute atomic E-state index is 0.143. The first-order valence-electron chi connectivity index (χ1n) is 10.2. The van der Waals surface area contributed by atoms with Crippen molar-refractivity contribution < 1.29 is 9.53 Å². The Morgan fingerprint density at radius 3 is 2.94 bits per heavy atom. The average Bonchev–Trinajstić information content (AvgIpc) is 3.19. The molecule has 31 heavy (non-hydrogen) atoms. The summed E-state index contributed by atoms with van der Waals surface area (Å²) in [5, 5.41) is 5.33. The van der Waals surface area contributed by atoms with Crippen molar-refractivity contribution in [3.05, 3.63) is 45.8 Å². The smallest absolute Gasteiger partial charge is 0.262 e. The number of Topliss-reactive ketones (excluding diaryl/α,β-unsaturated/α-hetero) is 1. The van der Waals surface area contributed by atoms with Gasteiger partial charge in [0.15, 0.2) is 10.8 Å². The normalized spacial score (nSPS) is 15.9. The van der Waals surface area contributed by atoms with Crippen molar-refractivity contribution in [1.29, 1.82) is 0 Å². The third kappa shape index (κ3) is 5.35. The number of rotatable bonds is 8. The molecular formula is C21H24ClN5O3S. The van der Waals surface area contributed by atoms with E-state index in [9.17, 15) is 9.59 Å². The second kappa shape index (κ2) is 9.95. The monoisotopic (exact) mass is 461 g/mol. The van der Waals surface area contributed by atoms with E-state index in [2.05, 4.69) is 20.0 Å². The molecule has 3 aromatic rings. The van der Waals surface area contributed by atoms with Gasteiger partial charge in [-0.3, -0.25) is 14.5 Å². The molecule has 4 rings (SSSR count). The van der Waals surface area contributed by atoms with Gasteiger partial charge in [0.2, 0.25) is 0 Å². The molecule has 0 amide bonds. The highest BCUT2D eigenvalue weighted by Crippen LogP contribution is 2.23. The summed E-state index contributed by atoms with van der Waals surface area (Å²) in [6.45, 7) is 6.10. The van der Waals surface area contributed by atoms with Gasteiger partial charge in [-0.25, -0.2) is 9.67 Å². The SMILES string of the molecule is CC(Sc1nc2c(cnn2-c2cccc(Cl)c2)c(=O)[nH]1)C(=O)CCCN1CCOCC1. The van der Waals surface area contributed by atoms with Gasteiger partial charge in [-0.15, -0.1) is 0 Å². The van der Waals surface area contributed by atoms with Crippen molar-refractivity contribution in [2.24, 2.45) is 0 Å². The fourth-order valence-electron chi connectivity index (χ4n) is 3.49. The number of aromatic nitrogens is 4. The van der Waals surface area contributed by atoms with E-state index in [-0.39, 0.29) is 16.6 Å². The standard InChI is InChI=1S/C21H24ClN5O3S/c1-14(18(28)6-3-7-26-8-10-30-11-9-26)31-21-24-19-17(20(29)25-21)13-23-27(19)16-5-2-4-15(22)12-16/h2,4-5,12-14H,3,6-11H2,1H3,(H,24,25,29). The van der Waals surface area contributed by atoms with E-state index in [0.717, 1.165) is 39.3 Å². The summed E-state index contributed by atoms with van der Waals surface area (Å²) in [6.07, 6.45) is 2.80. The molecule has 1 aromatic carbocycles. The number of H-pyrrole nitrogens is 1. The fourth-order valence-corrected chi connectivity index (χ4v) is 4.55. The second-order valence-electron chi connectivity index (χ2n) is 7.43.